The van der Waals surface area contributed by atoms with E-state index in [0.717, 1.165) is 23.6 Å². The molecule has 0 aromatic heterocycles. The highest BCUT2D eigenvalue weighted by atomic mass is 35.5. The van der Waals surface area contributed by atoms with Gasteiger partial charge in [0.1, 0.15) is 11.4 Å². The number of benzene rings is 1. The van der Waals surface area contributed by atoms with Crippen LogP contribution in [0.15, 0.2) is 24.3 Å². The van der Waals surface area contributed by atoms with E-state index >= 15 is 0 Å². The molecule has 82 valence electrons. The van der Waals surface area contributed by atoms with Crippen molar-refractivity contribution >= 4 is 11.6 Å². The van der Waals surface area contributed by atoms with E-state index in [0.29, 0.717) is 0 Å². The third kappa shape index (κ3) is 2.88. The van der Waals surface area contributed by atoms with Crippen LogP contribution in [0.4, 0.5) is 0 Å². The zero-order valence-electron chi connectivity index (χ0n) is 9.13. The fourth-order valence-corrected chi connectivity index (χ4v) is 2.31. The molecular formula is C13H17ClO. The molecule has 1 aromatic rings. The lowest BCUT2D eigenvalue weighted by atomic mass is 9.86. The van der Waals surface area contributed by atoms with E-state index < -0.39 is 0 Å². The molecule has 0 atom stereocenters. The van der Waals surface area contributed by atoms with E-state index in [-0.39, 0.29) is 5.60 Å². The van der Waals surface area contributed by atoms with Gasteiger partial charge in [0.05, 0.1) is 0 Å². The van der Waals surface area contributed by atoms with Crippen LogP contribution < -0.4 is 4.74 Å². The van der Waals surface area contributed by atoms with Gasteiger partial charge in [-0.15, -0.1) is 0 Å². The maximum Gasteiger partial charge on any atom is 0.120 e. The predicted molar refractivity (Wildman–Crippen MR) is 63.6 cm³/mol. The van der Waals surface area contributed by atoms with Crippen LogP contribution in [0.3, 0.4) is 0 Å². The van der Waals surface area contributed by atoms with Gasteiger partial charge in [0.25, 0.3) is 0 Å². The minimum absolute atomic E-state index is 0.0338. The van der Waals surface area contributed by atoms with E-state index in [9.17, 15) is 0 Å². The van der Waals surface area contributed by atoms with Gasteiger partial charge in [-0.05, 0) is 56.9 Å². The molecule has 15 heavy (non-hydrogen) atoms. The Morgan fingerprint density at radius 1 is 1.07 bits per heavy atom. The van der Waals surface area contributed by atoms with Crippen molar-refractivity contribution in [1.82, 2.24) is 0 Å². The standard InChI is InChI=1S/C13H17ClO/c1-13(9-3-2-4-10-13)15-12-7-5-11(14)6-8-12/h5-8H,2-4,9-10H2,1H3. The lowest BCUT2D eigenvalue weighted by Crippen LogP contribution is -2.34. The molecule has 1 nitrogen and oxygen atoms in total. The van der Waals surface area contributed by atoms with Gasteiger partial charge in [0, 0.05) is 5.02 Å². The lowest BCUT2D eigenvalue weighted by molar-refractivity contribution is 0.0487. The molecule has 2 rings (SSSR count). The molecule has 0 radical (unpaired) electrons. The highest BCUT2D eigenvalue weighted by Gasteiger charge is 2.28. The van der Waals surface area contributed by atoms with E-state index in [1.165, 1.54) is 19.3 Å². The Labute approximate surface area is 96.4 Å². The summed E-state index contributed by atoms with van der Waals surface area (Å²) in [5.41, 5.74) is 0.0338. The summed E-state index contributed by atoms with van der Waals surface area (Å²) in [6.07, 6.45) is 6.24. The van der Waals surface area contributed by atoms with E-state index in [4.69, 9.17) is 16.3 Å². The van der Waals surface area contributed by atoms with Crippen LogP contribution in [0.25, 0.3) is 0 Å². The first kappa shape index (κ1) is 10.8. The van der Waals surface area contributed by atoms with Crippen LogP contribution in [0.2, 0.25) is 5.02 Å². The highest BCUT2D eigenvalue weighted by Crippen LogP contribution is 2.32. The Morgan fingerprint density at radius 2 is 1.67 bits per heavy atom. The van der Waals surface area contributed by atoms with Gasteiger partial charge in [0.2, 0.25) is 0 Å². The SMILES string of the molecule is CC1(Oc2ccc(Cl)cc2)CCCCC1. The molecule has 0 amide bonds. The maximum absolute atomic E-state index is 6.04. The molecule has 0 heterocycles. The summed E-state index contributed by atoms with van der Waals surface area (Å²) in [5.74, 6) is 0.934. The number of hydrogen-bond acceptors (Lipinski definition) is 1. The summed E-state index contributed by atoms with van der Waals surface area (Å²) >= 11 is 5.83. The zero-order chi connectivity index (χ0) is 10.7. The van der Waals surface area contributed by atoms with Gasteiger partial charge in [-0.2, -0.15) is 0 Å². The minimum Gasteiger partial charge on any atom is -0.488 e. The first-order valence-electron chi connectivity index (χ1n) is 5.63. The summed E-state index contributed by atoms with van der Waals surface area (Å²) in [4.78, 5) is 0. The Kier molecular flexibility index (Phi) is 3.20. The molecule has 1 fully saturated rings. The van der Waals surface area contributed by atoms with Crippen LogP contribution in [0.5, 0.6) is 5.75 Å². The Morgan fingerprint density at radius 3 is 2.27 bits per heavy atom. The van der Waals surface area contributed by atoms with Crippen molar-refractivity contribution in [3.63, 3.8) is 0 Å². The van der Waals surface area contributed by atoms with Gasteiger partial charge in [-0.1, -0.05) is 18.0 Å². The molecule has 0 bridgehead atoms. The Balaban J connectivity index is 2.03. The number of hydrogen-bond donors (Lipinski definition) is 0. The average molecular weight is 225 g/mol. The Hall–Kier alpha value is -0.690. The van der Waals surface area contributed by atoms with E-state index in [1.54, 1.807) is 0 Å². The summed E-state index contributed by atoms with van der Waals surface area (Å²) in [7, 11) is 0. The largest absolute Gasteiger partial charge is 0.488 e. The topological polar surface area (TPSA) is 9.23 Å². The summed E-state index contributed by atoms with van der Waals surface area (Å²) in [6.45, 7) is 2.21. The molecule has 0 saturated heterocycles. The molecule has 0 unspecified atom stereocenters. The number of halogens is 1. The van der Waals surface area contributed by atoms with Crippen LogP contribution in [0, 0.1) is 0 Å². The van der Waals surface area contributed by atoms with Gasteiger partial charge in [0.15, 0.2) is 0 Å². The summed E-state index contributed by atoms with van der Waals surface area (Å²) in [6, 6.07) is 7.65. The summed E-state index contributed by atoms with van der Waals surface area (Å²) < 4.78 is 6.04. The van der Waals surface area contributed by atoms with Crippen LogP contribution >= 0.6 is 11.6 Å². The second-order valence-corrected chi connectivity index (χ2v) is 5.00. The van der Waals surface area contributed by atoms with Gasteiger partial charge < -0.3 is 4.74 Å². The first-order valence-corrected chi connectivity index (χ1v) is 6.00. The smallest absolute Gasteiger partial charge is 0.120 e. The van der Waals surface area contributed by atoms with Crippen LogP contribution in [0.1, 0.15) is 39.0 Å². The van der Waals surface area contributed by atoms with E-state index in [2.05, 4.69) is 6.92 Å². The predicted octanol–water partition coefficient (Wildman–Crippen LogP) is 4.44. The van der Waals surface area contributed by atoms with Crippen LogP contribution in [-0.4, -0.2) is 5.60 Å². The van der Waals surface area contributed by atoms with Crippen molar-refractivity contribution in [2.75, 3.05) is 0 Å². The molecule has 1 aromatic carbocycles. The summed E-state index contributed by atoms with van der Waals surface area (Å²) in [5, 5.41) is 0.760. The highest BCUT2D eigenvalue weighted by molar-refractivity contribution is 6.30. The van der Waals surface area contributed by atoms with Crippen molar-refractivity contribution in [2.24, 2.45) is 0 Å². The third-order valence-electron chi connectivity index (χ3n) is 3.09. The molecule has 1 saturated carbocycles. The van der Waals surface area contributed by atoms with Crippen molar-refractivity contribution in [1.29, 1.82) is 0 Å². The molecule has 0 aliphatic heterocycles. The van der Waals surface area contributed by atoms with Gasteiger partial charge in [-0.3, -0.25) is 0 Å². The fourth-order valence-electron chi connectivity index (χ4n) is 2.19. The van der Waals surface area contributed by atoms with Crippen molar-refractivity contribution < 1.29 is 4.74 Å². The monoisotopic (exact) mass is 224 g/mol. The number of rotatable bonds is 2. The van der Waals surface area contributed by atoms with Crippen molar-refractivity contribution in [3.8, 4) is 5.75 Å². The van der Waals surface area contributed by atoms with Crippen molar-refractivity contribution in [3.05, 3.63) is 29.3 Å². The molecule has 2 heteroatoms. The van der Waals surface area contributed by atoms with Crippen molar-refractivity contribution in [2.45, 2.75) is 44.6 Å². The molecule has 1 aliphatic rings. The second-order valence-electron chi connectivity index (χ2n) is 4.57. The quantitative estimate of drug-likeness (QED) is 0.722. The second kappa shape index (κ2) is 4.44. The normalized spacial score (nSPS) is 19.9. The third-order valence-corrected chi connectivity index (χ3v) is 3.34. The first-order chi connectivity index (χ1) is 7.18. The molecule has 1 aliphatic carbocycles. The average Bonchev–Trinajstić information content (AvgIpc) is 2.22. The number of ether oxygens (including phenoxy) is 1. The molecule has 0 N–H and O–H groups in total. The minimum atomic E-state index is 0.0338. The fraction of sp³-hybridized carbons (Fsp3) is 0.538. The Bertz CT molecular complexity index is 312. The molecular weight excluding hydrogens is 208 g/mol. The zero-order valence-corrected chi connectivity index (χ0v) is 9.89. The molecule has 0 spiro atoms. The van der Waals surface area contributed by atoms with Gasteiger partial charge >= 0.3 is 0 Å². The lowest BCUT2D eigenvalue weighted by Gasteiger charge is -2.34. The van der Waals surface area contributed by atoms with E-state index in [1.807, 2.05) is 24.3 Å². The maximum atomic E-state index is 6.04. The van der Waals surface area contributed by atoms with Crippen LogP contribution in [-0.2, 0) is 0 Å². The van der Waals surface area contributed by atoms with Gasteiger partial charge in [-0.25, -0.2) is 0 Å².